The molecule has 4 nitrogen and oxygen atoms in total. The summed E-state index contributed by atoms with van der Waals surface area (Å²) < 4.78 is 0.672. The Hall–Kier alpha value is -2.01. The first-order valence-corrected chi connectivity index (χ1v) is 6.01. The summed E-state index contributed by atoms with van der Waals surface area (Å²) in [6, 6.07) is 11.3. The Labute approximate surface area is 113 Å². The molecule has 0 unspecified atom stereocenters. The highest BCUT2D eigenvalue weighted by atomic mass is 79.9. The summed E-state index contributed by atoms with van der Waals surface area (Å²) >= 11 is 3.27. The van der Waals surface area contributed by atoms with Crippen molar-refractivity contribution in [3.63, 3.8) is 0 Å². The van der Waals surface area contributed by atoms with Gasteiger partial charge in [0.15, 0.2) is 0 Å². The number of nitrogens with two attached hydrogens (primary N) is 1. The fourth-order valence-electron chi connectivity index (χ4n) is 1.46. The molecule has 2 aromatic carbocycles. The van der Waals surface area contributed by atoms with Gasteiger partial charge in [-0.3, -0.25) is 4.79 Å². The van der Waals surface area contributed by atoms with Crippen LogP contribution in [0, 0.1) is 0 Å². The summed E-state index contributed by atoms with van der Waals surface area (Å²) in [7, 11) is 0. The van der Waals surface area contributed by atoms with Gasteiger partial charge in [-0.15, -0.1) is 0 Å². The molecule has 0 atom stereocenters. The van der Waals surface area contributed by atoms with E-state index in [1.807, 2.05) is 0 Å². The average molecular weight is 307 g/mol. The number of amides is 1. The number of hydrogen-bond donors (Lipinski definition) is 3. The van der Waals surface area contributed by atoms with Crippen molar-refractivity contribution in [1.29, 1.82) is 0 Å². The zero-order valence-corrected chi connectivity index (χ0v) is 10.9. The number of aromatic hydroxyl groups is 1. The number of hydrogen-bond acceptors (Lipinski definition) is 3. The van der Waals surface area contributed by atoms with Gasteiger partial charge in [-0.05, 0) is 46.3 Å². The lowest BCUT2D eigenvalue weighted by Crippen LogP contribution is -2.11. The van der Waals surface area contributed by atoms with E-state index in [-0.39, 0.29) is 11.7 Å². The number of phenols is 1. The molecule has 0 saturated heterocycles. The number of rotatable bonds is 2. The van der Waals surface area contributed by atoms with Gasteiger partial charge in [-0.1, -0.05) is 6.07 Å². The van der Waals surface area contributed by atoms with Gasteiger partial charge in [0.1, 0.15) is 5.75 Å². The van der Waals surface area contributed by atoms with Crippen LogP contribution in [0.1, 0.15) is 10.4 Å². The van der Waals surface area contributed by atoms with E-state index in [2.05, 4.69) is 21.2 Å². The maximum Gasteiger partial charge on any atom is 0.255 e. The molecule has 0 saturated carbocycles. The van der Waals surface area contributed by atoms with E-state index >= 15 is 0 Å². The fraction of sp³-hybridized carbons (Fsp3) is 0. The molecule has 18 heavy (non-hydrogen) atoms. The summed E-state index contributed by atoms with van der Waals surface area (Å²) in [5.74, 6) is -0.160. The van der Waals surface area contributed by atoms with Crippen molar-refractivity contribution in [1.82, 2.24) is 0 Å². The van der Waals surface area contributed by atoms with E-state index in [1.54, 1.807) is 30.3 Å². The molecule has 0 aromatic heterocycles. The van der Waals surface area contributed by atoms with Gasteiger partial charge in [0, 0.05) is 27.5 Å². The maximum absolute atomic E-state index is 11.9. The second kappa shape index (κ2) is 5.10. The average Bonchev–Trinajstić information content (AvgIpc) is 2.32. The number of nitrogen functional groups attached to an aromatic ring is 1. The number of nitrogens with one attached hydrogen (secondary N) is 1. The summed E-state index contributed by atoms with van der Waals surface area (Å²) in [6.45, 7) is 0. The third-order valence-corrected chi connectivity index (χ3v) is 3.05. The van der Waals surface area contributed by atoms with Gasteiger partial charge < -0.3 is 16.2 Å². The van der Waals surface area contributed by atoms with Gasteiger partial charge >= 0.3 is 0 Å². The molecule has 5 heteroatoms. The summed E-state index contributed by atoms with van der Waals surface area (Å²) in [5, 5.41) is 12.0. The lowest BCUT2D eigenvalue weighted by molar-refractivity contribution is 0.102. The molecule has 4 N–H and O–H groups in total. The van der Waals surface area contributed by atoms with Crippen molar-refractivity contribution in [2.45, 2.75) is 0 Å². The third-order valence-electron chi connectivity index (χ3n) is 2.37. The molecule has 0 aliphatic carbocycles. The maximum atomic E-state index is 11.9. The second-order valence-electron chi connectivity index (χ2n) is 3.74. The highest BCUT2D eigenvalue weighted by molar-refractivity contribution is 9.10. The van der Waals surface area contributed by atoms with E-state index in [1.165, 1.54) is 12.1 Å². The van der Waals surface area contributed by atoms with E-state index in [0.29, 0.717) is 21.4 Å². The molecule has 0 aliphatic heterocycles. The summed E-state index contributed by atoms with van der Waals surface area (Å²) in [4.78, 5) is 11.9. The molecule has 0 aliphatic rings. The van der Waals surface area contributed by atoms with Gasteiger partial charge in [0.2, 0.25) is 0 Å². The Balaban J connectivity index is 2.19. The zero-order chi connectivity index (χ0) is 13.1. The number of carbonyl (C=O) groups is 1. The standard InChI is InChI=1S/C13H11BrN2O2/c14-11-6-8(4-5-12(11)15)13(18)16-9-2-1-3-10(17)7-9/h1-7,17H,15H2,(H,16,18). The van der Waals surface area contributed by atoms with Crippen LogP contribution in [-0.4, -0.2) is 11.0 Å². The van der Waals surface area contributed by atoms with Gasteiger partial charge in [-0.2, -0.15) is 0 Å². The van der Waals surface area contributed by atoms with Gasteiger partial charge in [0.05, 0.1) is 0 Å². The third kappa shape index (κ3) is 2.81. The SMILES string of the molecule is Nc1ccc(C(=O)Nc2cccc(O)c2)cc1Br. The van der Waals surface area contributed by atoms with Crippen molar-refractivity contribution in [2.75, 3.05) is 11.1 Å². The number of halogens is 1. The molecule has 0 bridgehead atoms. The topological polar surface area (TPSA) is 75.4 Å². The normalized spacial score (nSPS) is 10.1. The van der Waals surface area contributed by atoms with Crippen LogP contribution in [0.5, 0.6) is 5.75 Å². The summed E-state index contributed by atoms with van der Waals surface area (Å²) in [6.07, 6.45) is 0. The number of benzene rings is 2. The first-order valence-electron chi connectivity index (χ1n) is 5.21. The van der Waals surface area contributed by atoms with E-state index in [0.717, 1.165) is 0 Å². The van der Waals surface area contributed by atoms with E-state index < -0.39 is 0 Å². The van der Waals surface area contributed by atoms with Crippen molar-refractivity contribution in [2.24, 2.45) is 0 Å². The van der Waals surface area contributed by atoms with Crippen LogP contribution in [-0.2, 0) is 0 Å². The van der Waals surface area contributed by atoms with Crippen LogP contribution in [0.15, 0.2) is 46.9 Å². The van der Waals surface area contributed by atoms with Crippen molar-refractivity contribution in [3.8, 4) is 5.75 Å². The molecule has 2 aromatic rings. The second-order valence-corrected chi connectivity index (χ2v) is 4.60. The highest BCUT2D eigenvalue weighted by Crippen LogP contribution is 2.21. The highest BCUT2D eigenvalue weighted by Gasteiger charge is 2.08. The van der Waals surface area contributed by atoms with Crippen LogP contribution in [0.25, 0.3) is 0 Å². The Morgan fingerprint density at radius 2 is 2.00 bits per heavy atom. The predicted octanol–water partition coefficient (Wildman–Crippen LogP) is 2.99. The Bertz CT molecular complexity index is 599. The number of carbonyl (C=O) groups excluding carboxylic acids is 1. The van der Waals surface area contributed by atoms with Crippen molar-refractivity contribution < 1.29 is 9.90 Å². The molecule has 1 amide bonds. The lowest BCUT2D eigenvalue weighted by Gasteiger charge is -2.06. The Morgan fingerprint density at radius 1 is 1.22 bits per heavy atom. The molecule has 0 spiro atoms. The molecular weight excluding hydrogens is 296 g/mol. The fourth-order valence-corrected chi connectivity index (χ4v) is 1.83. The lowest BCUT2D eigenvalue weighted by atomic mass is 10.2. The first-order chi connectivity index (χ1) is 8.56. The van der Waals surface area contributed by atoms with Crippen LogP contribution in [0.3, 0.4) is 0 Å². The van der Waals surface area contributed by atoms with Crippen LogP contribution in [0.2, 0.25) is 0 Å². The number of anilines is 2. The smallest absolute Gasteiger partial charge is 0.255 e. The minimum atomic E-state index is -0.263. The molecule has 0 fully saturated rings. The van der Waals surface area contributed by atoms with E-state index in [4.69, 9.17) is 5.73 Å². The Morgan fingerprint density at radius 3 is 2.67 bits per heavy atom. The first kappa shape index (κ1) is 12.4. The van der Waals surface area contributed by atoms with Crippen LogP contribution in [0.4, 0.5) is 11.4 Å². The minimum absolute atomic E-state index is 0.103. The van der Waals surface area contributed by atoms with Gasteiger partial charge in [-0.25, -0.2) is 0 Å². The molecule has 0 radical (unpaired) electrons. The van der Waals surface area contributed by atoms with Gasteiger partial charge in [0.25, 0.3) is 5.91 Å². The Kier molecular flexibility index (Phi) is 3.53. The minimum Gasteiger partial charge on any atom is -0.508 e. The molecule has 92 valence electrons. The molecular formula is C13H11BrN2O2. The molecule has 2 rings (SSSR count). The monoisotopic (exact) mass is 306 g/mol. The summed E-state index contributed by atoms with van der Waals surface area (Å²) in [5.41, 5.74) is 7.24. The van der Waals surface area contributed by atoms with E-state index in [9.17, 15) is 9.90 Å². The predicted molar refractivity (Wildman–Crippen MR) is 74.6 cm³/mol. The quantitative estimate of drug-likeness (QED) is 0.747. The zero-order valence-electron chi connectivity index (χ0n) is 9.35. The van der Waals surface area contributed by atoms with Crippen molar-refractivity contribution in [3.05, 3.63) is 52.5 Å². The largest absolute Gasteiger partial charge is 0.508 e. The van der Waals surface area contributed by atoms with Crippen molar-refractivity contribution >= 4 is 33.2 Å². The molecule has 0 heterocycles. The number of phenolic OH excluding ortho intramolecular Hbond substituents is 1. The van der Waals surface area contributed by atoms with Crippen LogP contribution < -0.4 is 11.1 Å². The van der Waals surface area contributed by atoms with Crippen LogP contribution >= 0.6 is 15.9 Å².